The first-order chi connectivity index (χ1) is 14.0. The summed E-state index contributed by atoms with van der Waals surface area (Å²) in [5.74, 6) is -0.217. The van der Waals surface area contributed by atoms with E-state index < -0.39 is 5.97 Å². The first kappa shape index (κ1) is 19.9. The van der Waals surface area contributed by atoms with E-state index in [1.165, 1.54) is 13.3 Å². The van der Waals surface area contributed by atoms with E-state index in [2.05, 4.69) is 15.6 Å². The molecular formula is C22H21N3O4. The first-order valence-electron chi connectivity index (χ1n) is 8.87. The molecule has 2 aromatic carbocycles. The van der Waals surface area contributed by atoms with Gasteiger partial charge < -0.3 is 20.1 Å². The van der Waals surface area contributed by atoms with Gasteiger partial charge in [0.05, 0.1) is 48.6 Å². The van der Waals surface area contributed by atoms with Crippen molar-refractivity contribution >= 4 is 28.9 Å². The van der Waals surface area contributed by atoms with Crippen molar-refractivity contribution in [3.05, 3.63) is 77.6 Å². The summed E-state index contributed by atoms with van der Waals surface area (Å²) in [5, 5.41) is 5.95. The van der Waals surface area contributed by atoms with Crippen LogP contribution in [0.1, 0.15) is 26.3 Å². The van der Waals surface area contributed by atoms with Crippen molar-refractivity contribution in [1.82, 2.24) is 4.98 Å². The zero-order chi connectivity index (χ0) is 20.8. The second kappa shape index (κ2) is 8.88. The lowest BCUT2D eigenvalue weighted by Crippen LogP contribution is -2.13. The summed E-state index contributed by atoms with van der Waals surface area (Å²) in [6.07, 6.45) is 3.03. The quantitative estimate of drug-likeness (QED) is 0.613. The summed E-state index contributed by atoms with van der Waals surface area (Å²) < 4.78 is 10.1. The predicted molar refractivity (Wildman–Crippen MR) is 111 cm³/mol. The number of esters is 1. The van der Waals surface area contributed by atoms with E-state index in [9.17, 15) is 9.59 Å². The lowest BCUT2D eigenvalue weighted by atomic mass is 10.1. The fourth-order valence-electron chi connectivity index (χ4n) is 2.78. The maximum absolute atomic E-state index is 12.7. The van der Waals surface area contributed by atoms with Crippen molar-refractivity contribution in [3.8, 4) is 5.75 Å². The fraction of sp³-hybridized carbons (Fsp3) is 0.136. The van der Waals surface area contributed by atoms with E-state index in [1.54, 1.807) is 49.7 Å². The van der Waals surface area contributed by atoms with E-state index in [-0.39, 0.29) is 5.91 Å². The molecule has 3 aromatic rings. The van der Waals surface area contributed by atoms with Crippen LogP contribution in [-0.4, -0.2) is 31.1 Å². The van der Waals surface area contributed by atoms with Gasteiger partial charge >= 0.3 is 5.97 Å². The van der Waals surface area contributed by atoms with Gasteiger partial charge in [0.1, 0.15) is 5.75 Å². The van der Waals surface area contributed by atoms with E-state index in [4.69, 9.17) is 9.47 Å². The van der Waals surface area contributed by atoms with Crippen molar-refractivity contribution in [1.29, 1.82) is 0 Å². The van der Waals surface area contributed by atoms with Crippen LogP contribution >= 0.6 is 0 Å². The van der Waals surface area contributed by atoms with Gasteiger partial charge in [0.2, 0.25) is 0 Å². The Hall–Kier alpha value is -3.87. The van der Waals surface area contributed by atoms with Gasteiger partial charge in [-0.2, -0.15) is 0 Å². The van der Waals surface area contributed by atoms with Gasteiger partial charge in [-0.3, -0.25) is 9.78 Å². The molecule has 1 amide bonds. The molecule has 0 aliphatic rings. The number of carbonyl (C=O) groups is 2. The maximum Gasteiger partial charge on any atom is 0.339 e. The number of benzene rings is 2. The minimum absolute atomic E-state index is 0.327. The summed E-state index contributed by atoms with van der Waals surface area (Å²) in [6.45, 7) is 1.93. The van der Waals surface area contributed by atoms with Crippen molar-refractivity contribution in [2.45, 2.75) is 6.92 Å². The highest BCUT2D eigenvalue weighted by molar-refractivity contribution is 6.05. The number of aromatic nitrogens is 1. The van der Waals surface area contributed by atoms with Crippen molar-refractivity contribution in [3.63, 3.8) is 0 Å². The summed E-state index contributed by atoms with van der Waals surface area (Å²) in [4.78, 5) is 28.8. The second-order valence-corrected chi connectivity index (χ2v) is 6.28. The van der Waals surface area contributed by atoms with Crippen LogP contribution in [0.4, 0.5) is 17.1 Å². The molecule has 2 N–H and O–H groups in total. The number of hydrogen-bond donors (Lipinski definition) is 2. The topological polar surface area (TPSA) is 89.5 Å². The average Bonchev–Trinajstić information content (AvgIpc) is 2.74. The van der Waals surface area contributed by atoms with Crippen LogP contribution in [0.25, 0.3) is 0 Å². The van der Waals surface area contributed by atoms with E-state index in [1.807, 2.05) is 19.1 Å². The van der Waals surface area contributed by atoms with Crippen molar-refractivity contribution in [2.24, 2.45) is 0 Å². The Kier molecular flexibility index (Phi) is 6.09. The van der Waals surface area contributed by atoms with Crippen molar-refractivity contribution < 1.29 is 19.1 Å². The number of nitrogens with one attached hydrogen (secondary N) is 2. The molecule has 7 nitrogen and oxygen atoms in total. The number of para-hydroxylation sites is 1. The molecule has 0 radical (unpaired) electrons. The number of amides is 1. The number of ether oxygens (including phenoxy) is 2. The number of methoxy groups -OCH3 is 2. The average molecular weight is 391 g/mol. The lowest BCUT2D eigenvalue weighted by Gasteiger charge is -2.13. The molecule has 0 aliphatic heterocycles. The number of hydrogen-bond acceptors (Lipinski definition) is 6. The highest BCUT2D eigenvalue weighted by Gasteiger charge is 2.14. The fourth-order valence-corrected chi connectivity index (χ4v) is 2.78. The van der Waals surface area contributed by atoms with Crippen LogP contribution in [0.3, 0.4) is 0 Å². The van der Waals surface area contributed by atoms with Gasteiger partial charge in [0.25, 0.3) is 5.91 Å². The molecule has 0 spiro atoms. The molecule has 0 unspecified atom stereocenters. The van der Waals surface area contributed by atoms with Crippen LogP contribution < -0.4 is 15.4 Å². The maximum atomic E-state index is 12.7. The largest absolute Gasteiger partial charge is 0.495 e. The molecule has 0 saturated carbocycles. The molecule has 0 bridgehead atoms. The predicted octanol–water partition coefficient (Wildman–Crippen LogP) is 4.18. The number of anilines is 3. The normalized spacial score (nSPS) is 10.2. The molecule has 0 atom stereocenters. The number of aryl methyl sites for hydroxylation is 1. The molecule has 1 heterocycles. The molecule has 29 heavy (non-hydrogen) atoms. The number of pyridine rings is 1. The van der Waals surface area contributed by atoms with Gasteiger partial charge in [-0.1, -0.05) is 18.2 Å². The van der Waals surface area contributed by atoms with Crippen LogP contribution in [0, 0.1) is 6.92 Å². The number of carbonyl (C=O) groups excluding carboxylic acids is 2. The molecule has 1 aromatic heterocycles. The third-order valence-corrected chi connectivity index (χ3v) is 4.21. The van der Waals surface area contributed by atoms with Gasteiger partial charge in [-0.05, 0) is 42.8 Å². The minimum atomic E-state index is -0.457. The van der Waals surface area contributed by atoms with Crippen molar-refractivity contribution in [2.75, 3.05) is 24.9 Å². The van der Waals surface area contributed by atoms with Crippen LogP contribution in [-0.2, 0) is 4.74 Å². The Morgan fingerprint density at radius 2 is 1.76 bits per heavy atom. The number of rotatable bonds is 6. The third kappa shape index (κ3) is 4.70. The van der Waals surface area contributed by atoms with E-state index >= 15 is 0 Å². The Balaban J connectivity index is 1.83. The molecule has 0 aliphatic carbocycles. The molecule has 0 fully saturated rings. The second-order valence-electron chi connectivity index (χ2n) is 6.28. The molecule has 3 rings (SSSR count). The number of nitrogens with zero attached hydrogens (tertiary/aromatic N) is 1. The summed E-state index contributed by atoms with van der Waals surface area (Å²) in [5.41, 5.74) is 3.42. The lowest BCUT2D eigenvalue weighted by molar-refractivity contribution is 0.0601. The minimum Gasteiger partial charge on any atom is -0.495 e. The van der Waals surface area contributed by atoms with Crippen LogP contribution in [0.15, 0.2) is 60.9 Å². The Bertz CT molecular complexity index is 1050. The van der Waals surface area contributed by atoms with Gasteiger partial charge in [0.15, 0.2) is 0 Å². The zero-order valence-corrected chi connectivity index (χ0v) is 16.4. The van der Waals surface area contributed by atoms with E-state index in [0.717, 1.165) is 5.56 Å². The summed E-state index contributed by atoms with van der Waals surface area (Å²) >= 11 is 0. The SMILES string of the molecule is COC(=O)c1ccccc1Nc1cncc(C(=O)Nc2cc(C)ccc2OC)c1. The first-order valence-corrected chi connectivity index (χ1v) is 8.87. The highest BCUT2D eigenvalue weighted by Crippen LogP contribution is 2.26. The standard InChI is InChI=1S/C22H21N3O4/c1-14-8-9-20(28-2)19(10-14)25-21(26)15-11-16(13-23-12-15)24-18-7-5-4-6-17(18)22(27)29-3/h4-13,24H,1-3H3,(H,25,26). The Morgan fingerprint density at radius 3 is 2.52 bits per heavy atom. The zero-order valence-electron chi connectivity index (χ0n) is 16.4. The highest BCUT2D eigenvalue weighted by atomic mass is 16.5. The summed E-state index contributed by atoms with van der Waals surface area (Å²) in [6, 6.07) is 14.1. The van der Waals surface area contributed by atoms with Crippen LogP contribution in [0.5, 0.6) is 5.75 Å². The molecular weight excluding hydrogens is 370 g/mol. The van der Waals surface area contributed by atoms with Gasteiger partial charge in [-0.25, -0.2) is 4.79 Å². The van der Waals surface area contributed by atoms with Gasteiger partial charge in [0, 0.05) is 6.20 Å². The Morgan fingerprint density at radius 1 is 0.966 bits per heavy atom. The third-order valence-electron chi connectivity index (χ3n) is 4.21. The smallest absolute Gasteiger partial charge is 0.339 e. The molecule has 7 heteroatoms. The Labute approximate surface area is 168 Å². The van der Waals surface area contributed by atoms with Gasteiger partial charge in [-0.15, -0.1) is 0 Å². The summed E-state index contributed by atoms with van der Waals surface area (Å²) in [7, 11) is 2.87. The molecule has 0 saturated heterocycles. The van der Waals surface area contributed by atoms with Crippen LogP contribution in [0.2, 0.25) is 0 Å². The van der Waals surface area contributed by atoms with E-state index in [0.29, 0.717) is 33.9 Å². The molecule has 148 valence electrons. The monoisotopic (exact) mass is 391 g/mol.